The maximum Gasteiger partial charge on any atom is 0.197 e. The number of methoxy groups -OCH3 is 1. The number of aromatic hydroxyl groups is 1. The van der Waals surface area contributed by atoms with Crippen molar-refractivity contribution < 1.29 is 14.6 Å². The first-order valence-corrected chi connectivity index (χ1v) is 8.11. The lowest BCUT2D eigenvalue weighted by Crippen LogP contribution is -2.10. The molecule has 0 fully saturated rings. The SMILES string of the molecule is COc1ccc(/C=C\C(=O)c2sc(C(C)(C)C)nc2C)cc1O. The third kappa shape index (κ3) is 3.99. The summed E-state index contributed by atoms with van der Waals surface area (Å²) in [5.41, 5.74) is 1.42. The van der Waals surface area contributed by atoms with Crippen LogP contribution in [0.5, 0.6) is 11.5 Å². The monoisotopic (exact) mass is 331 g/mol. The first-order chi connectivity index (χ1) is 10.7. The predicted octanol–water partition coefficient (Wildman–Crippen LogP) is 4.36. The van der Waals surface area contributed by atoms with Crippen molar-refractivity contribution in [1.29, 1.82) is 0 Å². The number of aryl methyl sites for hydroxylation is 1. The first kappa shape index (κ1) is 17.2. The minimum Gasteiger partial charge on any atom is -0.504 e. The van der Waals surface area contributed by atoms with E-state index in [0.717, 1.165) is 16.3 Å². The molecule has 0 saturated carbocycles. The summed E-state index contributed by atoms with van der Waals surface area (Å²) >= 11 is 1.44. The lowest BCUT2D eigenvalue weighted by atomic mass is 9.98. The van der Waals surface area contributed by atoms with E-state index in [1.54, 1.807) is 24.3 Å². The van der Waals surface area contributed by atoms with Gasteiger partial charge in [0, 0.05) is 5.41 Å². The van der Waals surface area contributed by atoms with Crippen LogP contribution in [0.25, 0.3) is 6.08 Å². The van der Waals surface area contributed by atoms with Crippen LogP contribution in [0.2, 0.25) is 0 Å². The Kier molecular flexibility index (Phi) is 4.90. The normalized spacial score (nSPS) is 11.9. The van der Waals surface area contributed by atoms with Crippen molar-refractivity contribution >= 4 is 23.2 Å². The number of rotatable bonds is 4. The van der Waals surface area contributed by atoms with Crippen LogP contribution < -0.4 is 4.74 Å². The number of carbonyl (C=O) groups is 1. The zero-order valence-corrected chi connectivity index (χ0v) is 14.8. The average molecular weight is 331 g/mol. The van der Waals surface area contributed by atoms with Crippen LogP contribution in [0.4, 0.5) is 0 Å². The highest BCUT2D eigenvalue weighted by Crippen LogP contribution is 2.30. The molecule has 23 heavy (non-hydrogen) atoms. The Morgan fingerprint density at radius 1 is 1.35 bits per heavy atom. The van der Waals surface area contributed by atoms with Crippen LogP contribution in [0, 0.1) is 6.92 Å². The molecule has 0 atom stereocenters. The standard InChI is InChI=1S/C18H21NO3S/c1-11-16(23-17(19-11)18(2,3)4)13(20)8-6-12-7-9-15(22-5)14(21)10-12/h6-10,21H,1-5H3/b8-6-. The average Bonchev–Trinajstić information content (AvgIpc) is 2.87. The van der Waals surface area contributed by atoms with Crippen molar-refractivity contribution in [3.05, 3.63) is 45.4 Å². The maximum absolute atomic E-state index is 12.4. The van der Waals surface area contributed by atoms with Crippen LogP contribution in [-0.4, -0.2) is 23.0 Å². The van der Waals surface area contributed by atoms with Gasteiger partial charge in [-0.25, -0.2) is 4.98 Å². The van der Waals surface area contributed by atoms with Gasteiger partial charge in [0.25, 0.3) is 0 Å². The number of carbonyl (C=O) groups excluding carboxylic acids is 1. The summed E-state index contributed by atoms with van der Waals surface area (Å²) in [5.74, 6) is 0.374. The van der Waals surface area contributed by atoms with Crippen LogP contribution in [0.3, 0.4) is 0 Å². The maximum atomic E-state index is 12.4. The third-order valence-electron chi connectivity index (χ3n) is 3.29. The Hall–Kier alpha value is -2.14. The van der Waals surface area contributed by atoms with Gasteiger partial charge in [-0.2, -0.15) is 0 Å². The van der Waals surface area contributed by atoms with Crippen LogP contribution >= 0.6 is 11.3 Å². The van der Waals surface area contributed by atoms with Gasteiger partial charge in [0.2, 0.25) is 0 Å². The first-order valence-electron chi connectivity index (χ1n) is 7.29. The Labute approximate surface area is 140 Å². The van der Waals surface area contributed by atoms with Crippen molar-refractivity contribution in [2.45, 2.75) is 33.1 Å². The van der Waals surface area contributed by atoms with E-state index < -0.39 is 0 Å². The number of phenolic OH excluding ortho intramolecular Hbond substituents is 1. The van der Waals surface area contributed by atoms with Crippen LogP contribution in [0.15, 0.2) is 24.3 Å². The van der Waals surface area contributed by atoms with Crippen LogP contribution in [-0.2, 0) is 5.41 Å². The van der Waals surface area contributed by atoms with Crippen molar-refractivity contribution in [1.82, 2.24) is 4.98 Å². The molecule has 0 spiro atoms. The molecular weight excluding hydrogens is 310 g/mol. The number of hydrogen-bond donors (Lipinski definition) is 1. The predicted molar refractivity (Wildman–Crippen MR) is 93.6 cm³/mol. The molecule has 1 aromatic heterocycles. The minimum atomic E-state index is -0.0780. The number of benzene rings is 1. The van der Waals surface area contributed by atoms with Gasteiger partial charge in [-0.15, -0.1) is 11.3 Å². The van der Waals surface area contributed by atoms with Gasteiger partial charge in [-0.3, -0.25) is 4.79 Å². The molecule has 0 aliphatic rings. The minimum absolute atomic E-state index is 0.0473. The number of phenols is 1. The summed E-state index contributed by atoms with van der Waals surface area (Å²) in [6.07, 6.45) is 3.19. The fourth-order valence-corrected chi connectivity index (χ4v) is 3.05. The second-order valence-corrected chi connectivity index (χ2v) is 7.31. The summed E-state index contributed by atoms with van der Waals surface area (Å²) < 4.78 is 5.00. The smallest absolute Gasteiger partial charge is 0.197 e. The molecule has 1 heterocycles. The summed E-state index contributed by atoms with van der Waals surface area (Å²) in [6, 6.07) is 5.00. The van der Waals surface area contributed by atoms with E-state index in [0.29, 0.717) is 10.6 Å². The Morgan fingerprint density at radius 2 is 2.04 bits per heavy atom. The Morgan fingerprint density at radius 3 is 2.57 bits per heavy atom. The number of ether oxygens (including phenoxy) is 1. The van der Waals surface area contributed by atoms with Gasteiger partial charge in [0.05, 0.1) is 22.7 Å². The fraction of sp³-hybridized carbons (Fsp3) is 0.333. The topological polar surface area (TPSA) is 59.4 Å². The summed E-state index contributed by atoms with van der Waals surface area (Å²) in [7, 11) is 1.49. The second-order valence-electron chi connectivity index (χ2n) is 6.31. The lowest BCUT2D eigenvalue weighted by molar-refractivity contribution is 0.105. The van der Waals surface area contributed by atoms with Crippen molar-refractivity contribution in [2.75, 3.05) is 7.11 Å². The van der Waals surface area contributed by atoms with Gasteiger partial charge in [-0.1, -0.05) is 32.9 Å². The van der Waals surface area contributed by atoms with E-state index >= 15 is 0 Å². The fourth-order valence-electron chi connectivity index (χ4n) is 2.00. The lowest BCUT2D eigenvalue weighted by Gasteiger charge is -2.13. The molecule has 0 radical (unpaired) electrons. The Bertz CT molecular complexity index is 754. The van der Waals surface area contributed by atoms with E-state index in [4.69, 9.17) is 4.74 Å². The molecule has 0 saturated heterocycles. The van der Waals surface area contributed by atoms with Gasteiger partial charge < -0.3 is 9.84 Å². The van der Waals surface area contributed by atoms with E-state index in [1.807, 2.05) is 6.92 Å². The highest BCUT2D eigenvalue weighted by atomic mass is 32.1. The molecular formula is C18H21NO3S. The molecule has 0 unspecified atom stereocenters. The molecule has 1 N–H and O–H groups in total. The van der Waals surface area contributed by atoms with E-state index in [9.17, 15) is 9.90 Å². The highest BCUT2D eigenvalue weighted by molar-refractivity contribution is 7.14. The molecule has 5 heteroatoms. The molecule has 0 bridgehead atoms. The number of hydrogen-bond acceptors (Lipinski definition) is 5. The number of nitrogens with zero attached hydrogens (tertiary/aromatic N) is 1. The molecule has 2 rings (SSSR count). The van der Waals surface area contributed by atoms with Crippen LogP contribution in [0.1, 0.15) is 46.7 Å². The van der Waals surface area contributed by atoms with E-state index in [1.165, 1.54) is 24.5 Å². The third-order valence-corrected chi connectivity index (χ3v) is 4.89. The van der Waals surface area contributed by atoms with Crippen molar-refractivity contribution in [3.8, 4) is 11.5 Å². The molecule has 4 nitrogen and oxygen atoms in total. The molecule has 1 aromatic carbocycles. The van der Waals surface area contributed by atoms with Gasteiger partial charge in [0.15, 0.2) is 17.3 Å². The summed E-state index contributed by atoms with van der Waals surface area (Å²) in [5, 5.41) is 10.7. The van der Waals surface area contributed by atoms with Gasteiger partial charge >= 0.3 is 0 Å². The zero-order chi connectivity index (χ0) is 17.2. The second kappa shape index (κ2) is 6.54. The quantitative estimate of drug-likeness (QED) is 0.668. The van der Waals surface area contributed by atoms with Crippen molar-refractivity contribution in [3.63, 3.8) is 0 Å². The number of thiazole rings is 1. The highest BCUT2D eigenvalue weighted by Gasteiger charge is 2.22. The Balaban J connectivity index is 2.22. The number of ketones is 1. The van der Waals surface area contributed by atoms with Gasteiger partial charge in [0.1, 0.15) is 0 Å². The zero-order valence-electron chi connectivity index (χ0n) is 14.0. The largest absolute Gasteiger partial charge is 0.504 e. The summed E-state index contributed by atoms with van der Waals surface area (Å²) in [4.78, 5) is 17.5. The number of allylic oxidation sites excluding steroid dienone is 1. The molecule has 2 aromatic rings. The number of aromatic nitrogens is 1. The molecule has 0 aliphatic carbocycles. The van der Waals surface area contributed by atoms with Gasteiger partial charge in [-0.05, 0) is 30.7 Å². The van der Waals surface area contributed by atoms with E-state index in [2.05, 4.69) is 25.8 Å². The van der Waals surface area contributed by atoms with Crippen molar-refractivity contribution in [2.24, 2.45) is 0 Å². The van der Waals surface area contributed by atoms with E-state index in [-0.39, 0.29) is 16.9 Å². The molecule has 0 aliphatic heterocycles. The molecule has 122 valence electrons. The summed E-state index contributed by atoms with van der Waals surface area (Å²) in [6.45, 7) is 8.09. The molecule has 0 amide bonds.